The molecular weight excluding hydrogens is 314 g/mol. The van der Waals surface area contributed by atoms with E-state index >= 15 is 0 Å². The van der Waals surface area contributed by atoms with Gasteiger partial charge in [0, 0.05) is 23.3 Å². The van der Waals surface area contributed by atoms with Gasteiger partial charge in [-0.2, -0.15) is 0 Å². The second kappa shape index (κ2) is 7.73. The van der Waals surface area contributed by atoms with Crippen molar-refractivity contribution >= 4 is 17.5 Å². The molecule has 0 aliphatic heterocycles. The van der Waals surface area contributed by atoms with Gasteiger partial charge in [0.15, 0.2) is 0 Å². The van der Waals surface area contributed by atoms with Gasteiger partial charge in [0.2, 0.25) is 0 Å². The van der Waals surface area contributed by atoms with Gasteiger partial charge in [-0.15, -0.1) is 0 Å². The van der Waals surface area contributed by atoms with E-state index in [1.807, 2.05) is 6.92 Å². The van der Waals surface area contributed by atoms with Crippen molar-refractivity contribution in [2.24, 2.45) is 0 Å². The minimum Gasteiger partial charge on any atom is -0.494 e. The topological polar surface area (TPSA) is 111 Å². The lowest BCUT2D eigenvalue weighted by atomic mass is 10.2. The highest BCUT2D eigenvalue weighted by molar-refractivity contribution is 5.99. The predicted octanol–water partition coefficient (Wildman–Crippen LogP) is 2.07. The zero-order chi connectivity index (χ0) is 17.5. The number of amides is 2. The Balaban J connectivity index is 1.92. The number of hydrogen-bond acceptors (Lipinski definition) is 5. The smallest absolute Gasteiger partial charge is 0.269 e. The highest BCUT2D eigenvalue weighted by Crippen LogP contribution is 2.13. The van der Waals surface area contributed by atoms with Crippen molar-refractivity contribution in [3.8, 4) is 5.75 Å². The molecule has 2 aromatic carbocycles. The molecule has 2 aromatic rings. The van der Waals surface area contributed by atoms with Gasteiger partial charge in [-0.05, 0) is 43.3 Å². The molecule has 0 saturated carbocycles. The Kier molecular flexibility index (Phi) is 5.45. The summed E-state index contributed by atoms with van der Waals surface area (Å²) in [5.74, 6) is -0.429. The summed E-state index contributed by atoms with van der Waals surface area (Å²) in [6, 6.07) is 11.5. The summed E-state index contributed by atoms with van der Waals surface area (Å²) in [6.45, 7) is 2.38. The summed E-state index contributed by atoms with van der Waals surface area (Å²) in [6.07, 6.45) is 0. The molecule has 2 rings (SSSR count). The minimum absolute atomic E-state index is 0.120. The van der Waals surface area contributed by atoms with Crippen LogP contribution >= 0.6 is 0 Å². The molecule has 124 valence electrons. The maximum Gasteiger partial charge on any atom is 0.269 e. The van der Waals surface area contributed by atoms with Crippen LogP contribution in [0.15, 0.2) is 48.5 Å². The lowest BCUT2D eigenvalue weighted by Crippen LogP contribution is -2.41. The van der Waals surface area contributed by atoms with Crippen molar-refractivity contribution in [2.45, 2.75) is 6.92 Å². The maximum atomic E-state index is 11.9. The third-order valence-corrected chi connectivity index (χ3v) is 3.06. The molecule has 0 unspecified atom stereocenters. The van der Waals surface area contributed by atoms with Crippen molar-refractivity contribution < 1.29 is 19.2 Å². The zero-order valence-corrected chi connectivity index (χ0v) is 12.8. The summed E-state index contributed by atoms with van der Waals surface area (Å²) in [5.41, 5.74) is 4.94. The van der Waals surface area contributed by atoms with Gasteiger partial charge >= 0.3 is 0 Å². The molecule has 0 aliphatic rings. The average molecular weight is 329 g/mol. The number of rotatable bonds is 5. The lowest BCUT2D eigenvalue weighted by molar-refractivity contribution is -0.384. The van der Waals surface area contributed by atoms with Crippen LogP contribution in [0.25, 0.3) is 0 Å². The Hall–Kier alpha value is -3.42. The van der Waals surface area contributed by atoms with Crippen LogP contribution < -0.4 is 15.6 Å². The van der Waals surface area contributed by atoms with Crippen molar-refractivity contribution in [3.63, 3.8) is 0 Å². The molecule has 2 N–H and O–H groups in total. The number of nitro benzene ring substituents is 1. The number of hydrazine groups is 1. The number of ether oxygens (including phenoxy) is 1. The van der Waals surface area contributed by atoms with E-state index in [4.69, 9.17) is 4.74 Å². The van der Waals surface area contributed by atoms with Crippen LogP contribution in [0.5, 0.6) is 5.75 Å². The highest BCUT2D eigenvalue weighted by Gasteiger charge is 2.11. The third kappa shape index (κ3) is 4.29. The molecule has 0 saturated heterocycles. The SMILES string of the molecule is CCOc1ccc(C(=O)NNC(=O)c2ccc([N+](=O)[O-])cc2)cc1. The van der Waals surface area contributed by atoms with Crippen LogP contribution in [0.1, 0.15) is 27.6 Å². The van der Waals surface area contributed by atoms with Crippen molar-refractivity contribution in [1.29, 1.82) is 0 Å². The molecule has 0 bridgehead atoms. The van der Waals surface area contributed by atoms with Crippen LogP contribution in [-0.2, 0) is 0 Å². The summed E-state index contributed by atoms with van der Waals surface area (Å²) in [7, 11) is 0. The van der Waals surface area contributed by atoms with Gasteiger partial charge in [0.25, 0.3) is 17.5 Å². The fraction of sp³-hybridized carbons (Fsp3) is 0.125. The number of carbonyl (C=O) groups excluding carboxylic acids is 2. The van der Waals surface area contributed by atoms with Gasteiger partial charge in [-0.1, -0.05) is 0 Å². The number of non-ortho nitro benzene ring substituents is 1. The van der Waals surface area contributed by atoms with Gasteiger partial charge in [0.1, 0.15) is 5.75 Å². The molecule has 24 heavy (non-hydrogen) atoms. The number of hydrogen-bond donors (Lipinski definition) is 2. The van der Waals surface area contributed by atoms with Crippen molar-refractivity contribution in [1.82, 2.24) is 10.9 Å². The number of nitrogens with one attached hydrogen (secondary N) is 2. The molecule has 2 amide bonds. The first kappa shape index (κ1) is 16.9. The van der Waals surface area contributed by atoms with Crippen LogP contribution in [0, 0.1) is 10.1 Å². The van der Waals surface area contributed by atoms with Gasteiger partial charge in [-0.3, -0.25) is 30.6 Å². The molecule has 0 heterocycles. The summed E-state index contributed by atoms with van der Waals surface area (Å²) < 4.78 is 5.27. The second-order valence-electron chi connectivity index (χ2n) is 4.67. The summed E-state index contributed by atoms with van der Waals surface area (Å²) in [5, 5.41) is 10.6. The first-order chi connectivity index (χ1) is 11.5. The molecule has 0 spiro atoms. The third-order valence-electron chi connectivity index (χ3n) is 3.06. The normalized spacial score (nSPS) is 9.88. The fourth-order valence-electron chi connectivity index (χ4n) is 1.86. The largest absolute Gasteiger partial charge is 0.494 e. The van der Waals surface area contributed by atoms with Gasteiger partial charge in [0.05, 0.1) is 11.5 Å². The predicted molar refractivity (Wildman–Crippen MR) is 85.6 cm³/mol. The number of nitrogens with zero attached hydrogens (tertiary/aromatic N) is 1. The highest BCUT2D eigenvalue weighted by atomic mass is 16.6. The standard InChI is InChI=1S/C16H15N3O5/c1-2-24-14-9-5-12(6-10-14)16(21)18-17-15(20)11-3-7-13(8-4-11)19(22)23/h3-10H,2H2,1H3,(H,17,20)(H,18,21). The van der Waals surface area contributed by atoms with Crippen LogP contribution in [0.2, 0.25) is 0 Å². The van der Waals surface area contributed by atoms with E-state index in [0.29, 0.717) is 17.9 Å². The summed E-state index contributed by atoms with van der Waals surface area (Å²) in [4.78, 5) is 33.8. The van der Waals surface area contributed by atoms with E-state index in [0.717, 1.165) is 0 Å². The molecule has 0 aromatic heterocycles. The zero-order valence-electron chi connectivity index (χ0n) is 12.8. The first-order valence-corrected chi connectivity index (χ1v) is 7.09. The van der Waals surface area contributed by atoms with Crippen LogP contribution in [0.3, 0.4) is 0 Å². The van der Waals surface area contributed by atoms with E-state index in [1.54, 1.807) is 24.3 Å². The van der Waals surface area contributed by atoms with Crippen LogP contribution in [-0.4, -0.2) is 23.3 Å². The number of benzene rings is 2. The van der Waals surface area contributed by atoms with E-state index in [-0.39, 0.29) is 11.3 Å². The Morgan fingerprint density at radius 2 is 1.42 bits per heavy atom. The van der Waals surface area contributed by atoms with Crippen LogP contribution in [0.4, 0.5) is 5.69 Å². The van der Waals surface area contributed by atoms with E-state index in [2.05, 4.69) is 10.9 Å². The number of carbonyl (C=O) groups is 2. The minimum atomic E-state index is -0.579. The molecule has 8 heteroatoms. The van der Waals surface area contributed by atoms with Crippen molar-refractivity contribution in [3.05, 3.63) is 69.8 Å². The lowest BCUT2D eigenvalue weighted by Gasteiger charge is -2.08. The molecule has 8 nitrogen and oxygen atoms in total. The molecule has 0 radical (unpaired) electrons. The fourth-order valence-corrected chi connectivity index (χ4v) is 1.86. The maximum absolute atomic E-state index is 11.9. The van der Waals surface area contributed by atoms with E-state index in [1.165, 1.54) is 24.3 Å². The second-order valence-corrected chi connectivity index (χ2v) is 4.67. The Bertz CT molecular complexity index is 741. The molecular formula is C16H15N3O5. The Labute approximate surface area is 137 Å². The van der Waals surface area contributed by atoms with E-state index < -0.39 is 16.7 Å². The molecule has 0 aliphatic carbocycles. The monoisotopic (exact) mass is 329 g/mol. The van der Waals surface area contributed by atoms with E-state index in [9.17, 15) is 19.7 Å². The number of nitro groups is 1. The Morgan fingerprint density at radius 3 is 1.83 bits per heavy atom. The van der Waals surface area contributed by atoms with Gasteiger partial charge < -0.3 is 4.74 Å². The molecule has 0 fully saturated rings. The van der Waals surface area contributed by atoms with Gasteiger partial charge in [-0.25, -0.2) is 0 Å². The first-order valence-electron chi connectivity index (χ1n) is 7.09. The summed E-state index contributed by atoms with van der Waals surface area (Å²) >= 11 is 0. The Morgan fingerprint density at radius 1 is 0.958 bits per heavy atom. The average Bonchev–Trinajstić information content (AvgIpc) is 2.60. The quantitative estimate of drug-likeness (QED) is 0.644. The van der Waals surface area contributed by atoms with Crippen molar-refractivity contribution in [2.75, 3.05) is 6.61 Å². The molecule has 0 atom stereocenters.